The number of piperazine rings is 1. The van der Waals surface area contributed by atoms with E-state index in [0.29, 0.717) is 25.6 Å². The van der Waals surface area contributed by atoms with Gasteiger partial charge in [0.15, 0.2) is 5.96 Å². The number of aromatic nitrogens is 1. The first kappa shape index (κ1) is 25.4. The number of amides is 1. The molecule has 1 amide bonds. The van der Waals surface area contributed by atoms with E-state index in [-0.39, 0.29) is 30.1 Å². The van der Waals surface area contributed by atoms with Crippen LogP contribution < -0.4 is 11.1 Å². The minimum absolute atomic E-state index is 0. The van der Waals surface area contributed by atoms with Crippen LogP contribution in [0.25, 0.3) is 0 Å². The minimum Gasteiger partial charge on any atom is -0.444 e. The third kappa shape index (κ3) is 10.6. The summed E-state index contributed by atoms with van der Waals surface area (Å²) in [6.45, 7) is 11.2. The fourth-order valence-corrected chi connectivity index (χ4v) is 2.89. The summed E-state index contributed by atoms with van der Waals surface area (Å²) in [5.41, 5.74) is 6.49. The molecule has 0 aliphatic carbocycles. The molecule has 0 radical (unpaired) electrons. The van der Waals surface area contributed by atoms with Crippen molar-refractivity contribution >= 4 is 36.0 Å². The van der Waals surface area contributed by atoms with Crippen molar-refractivity contribution < 1.29 is 9.53 Å². The molecule has 3 N–H and O–H groups in total. The molecule has 1 aromatic rings. The molecule has 1 fully saturated rings. The van der Waals surface area contributed by atoms with E-state index in [0.717, 1.165) is 44.7 Å². The number of halogens is 1. The highest BCUT2D eigenvalue weighted by molar-refractivity contribution is 14.0. The summed E-state index contributed by atoms with van der Waals surface area (Å²) in [4.78, 5) is 24.9. The highest BCUT2D eigenvalue weighted by Crippen LogP contribution is 2.12. The number of nitrogens with two attached hydrogens (primary N) is 1. The van der Waals surface area contributed by atoms with Gasteiger partial charge in [0.2, 0.25) is 0 Å². The molecule has 1 aliphatic heterocycles. The van der Waals surface area contributed by atoms with Crippen LogP contribution in [0.3, 0.4) is 0 Å². The Balaban J connectivity index is 0.00000420. The number of ether oxygens (including phenoxy) is 1. The topological polar surface area (TPSA) is 96.1 Å². The highest BCUT2D eigenvalue weighted by Gasteiger charge is 2.25. The van der Waals surface area contributed by atoms with Crippen LogP contribution in [-0.2, 0) is 11.2 Å². The van der Waals surface area contributed by atoms with Gasteiger partial charge in [-0.25, -0.2) is 4.79 Å². The average Bonchev–Trinajstić information content (AvgIpc) is 2.65. The maximum Gasteiger partial charge on any atom is 0.410 e. The lowest BCUT2D eigenvalue weighted by Crippen LogP contribution is -2.50. The van der Waals surface area contributed by atoms with Crippen LogP contribution >= 0.6 is 24.0 Å². The van der Waals surface area contributed by atoms with E-state index >= 15 is 0 Å². The van der Waals surface area contributed by atoms with E-state index < -0.39 is 5.60 Å². The summed E-state index contributed by atoms with van der Waals surface area (Å²) >= 11 is 0. The Bertz CT molecular complexity index is 628. The van der Waals surface area contributed by atoms with E-state index in [1.165, 1.54) is 0 Å². The number of guanidine groups is 1. The SMILES string of the molecule is CC(C)(C)OC(=O)N1CCN(CCCN=C(N)NCCc2ccccn2)CC1.I. The molecule has 0 unspecified atom stereocenters. The lowest BCUT2D eigenvalue weighted by molar-refractivity contribution is 0.0145. The van der Waals surface area contributed by atoms with Gasteiger partial charge in [-0.1, -0.05) is 6.07 Å². The first-order valence-electron chi connectivity index (χ1n) is 9.97. The molecular weight excluding hydrogens is 483 g/mol. The molecule has 29 heavy (non-hydrogen) atoms. The predicted molar refractivity (Wildman–Crippen MR) is 127 cm³/mol. The number of rotatable bonds is 7. The van der Waals surface area contributed by atoms with Crippen LogP contribution in [0.2, 0.25) is 0 Å². The van der Waals surface area contributed by atoms with E-state index in [9.17, 15) is 4.79 Å². The number of hydrogen-bond donors (Lipinski definition) is 2. The van der Waals surface area contributed by atoms with Gasteiger partial charge < -0.3 is 20.7 Å². The molecule has 164 valence electrons. The number of aliphatic imine (C=N–C) groups is 1. The average molecular weight is 518 g/mol. The van der Waals surface area contributed by atoms with E-state index in [1.54, 1.807) is 11.1 Å². The molecule has 0 aromatic carbocycles. The Labute approximate surface area is 191 Å². The van der Waals surface area contributed by atoms with Gasteiger partial charge in [0.05, 0.1) is 0 Å². The Hall–Kier alpha value is -1.62. The Morgan fingerprint density at radius 3 is 2.62 bits per heavy atom. The van der Waals surface area contributed by atoms with Crippen molar-refractivity contribution in [2.45, 2.75) is 39.2 Å². The predicted octanol–water partition coefficient (Wildman–Crippen LogP) is 2.09. The van der Waals surface area contributed by atoms with Crippen molar-refractivity contribution in [3.05, 3.63) is 30.1 Å². The number of hydrogen-bond acceptors (Lipinski definition) is 5. The molecule has 1 aromatic heterocycles. The van der Waals surface area contributed by atoms with Crippen molar-refractivity contribution in [2.75, 3.05) is 45.8 Å². The molecule has 2 heterocycles. The summed E-state index contributed by atoms with van der Waals surface area (Å²) in [5, 5.41) is 3.12. The van der Waals surface area contributed by atoms with Gasteiger partial charge in [0, 0.05) is 64.1 Å². The Morgan fingerprint density at radius 2 is 2.00 bits per heavy atom. The van der Waals surface area contributed by atoms with Crippen molar-refractivity contribution in [2.24, 2.45) is 10.7 Å². The zero-order valence-electron chi connectivity index (χ0n) is 17.8. The molecular formula is C20H35IN6O2. The molecule has 1 aliphatic rings. The van der Waals surface area contributed by atoms with Crippen molar-refractivity contribution in [3.63, 3.8) is 0 Å². The summed E-state index contributed by atoms with van der Waals surface area (Å²) in [6, 6.07) is 5.88. The first-order chi connectivity index (χ1) is 13.3. The minimum atomic E-state index is -0.447. The molecule has 0 saturated carbocycles. The van der Waals surface area contributed by atoms with E-state index in [2.05, 4.69) is 20.2 Å². The molecule has 0 spiro atoms. The number of carbonyl (C=O) groups is 1. The summed E-state index contributed by atoms with van der Waals surface area (Å²) in [5.74, 6) is 0.477. The third-order valence-electron chi connectivity index (χ3n) is 4.35. The summed E-state index contributed by atoms with van der Waals surface area (Å²) in [7, 11) is 0. The standard InChI is InChI=1S/C20H34N6O2.HI/c1-20(2,3)28-19(27)26-15-13-25(14-16-26)12-6-10-23-18(21)24-11-8-17-7-4-5-9-22-17;/h4-5,7,9H,6,8,10-16H2,1-3H3,(H3,21,23,24);1H. The second-order valence-electron chi connectivity index (χ2n) is 7.93. The van der Waals surface area contributed by atoms with Gasteiger partial charge in [0.1, 0.15) is 5.60 Å². The largest absolute Gasteiger partial charge is 0.444 e. The lowest BCUT2D eigenvalue weighted by Gasteiger charge is -2.35. The second-order valence-corrected chi connectivity index (χ2v) is 7.93. The summed E-state index contributed by atoms with van der Waals surface area (Å²) < 4.78 is 5.42. The number of nitrogens with one attached hydrogen (secondary N) is 1. The maximum absolute atomic E-state index is 12.1. The number of carbonyl (C=O) groups excluding carboxylic acids is 1. The normalized spacial score (nSPS) is 15.6. The Kier molecular flexibility index (Phi) is 11.3. The van der Waals surface area contributed by atoms with Crippen LogP contribution in [0, 0.1) is 0 Å². The first-order valence-corrected chi connectivity index (χ1v) is 9.97. The molecule has 0 atom stereocenters. The quantitative estimate of drug-likeness (QED) is 0.249. The van der Waals surface area contributed by atoms with E-state index in [4.69, 9.17) is 10.5 Å². The van der Waals surface area contributed by atoms with Crippen molar-refractivity contribution in [1.82, 2.24) is 20.1 Å². The van der Waals surface area contributed by atoms with Crippen LogP contribution in [0.5, 0.6) is 0 Å². The monoisotopic (exact) mass is 518 g/mol. The van der Waals surface area contributed by atoms with Gasteiger partial charge in [-0.3, -0.25) is 14.9 Å². The smallest absolute Gasteiger partial charge is 0.410 e. The van der Waals surface area contributed by atoms with Gasteiger partial charge >= 0.3 is 6.09 Å². The van der Waals surface area contributed by atoms with Crippen molar-refractivity contribution in [3.8, 4) is 0 Å². The molecule has 9 heteroatoms. The van der Waals surface area contributed by atoms with E-state index in [1.807, 2.05) is 39.0 Å². The van der Waals surface area contributed by atoms with Gasteiger partial charge in [0.25, 0.3) is 0 Å². The second kappa shape index (κ2) is 12.8. The lowest BCUT2D eigenvalue weighted by atomic mass is 10.2. The zero-order chi connectivity index (χ0) is 20.4. The molecule has 0 bridgehead atoms. The van der Waals surface area contributed by atoms with Gasteiger partial charge in [-0.2, -0.15) is 0 Å². The number of nitrogens with zero attached hydrogens (tertiary/aromatic N) is 4. The van der Waals surface area contributed by atoms with Gasteiger partial charge in [-0.15, -0.1) is 24.0 Å². The van der Waals surface area contributed by atoms with Gasteiger partial charge in [-0.05, 0) is 39.3 Å². The van der Waals surface area contributed by atoms with Crippen LogP contribution in [-0.4, -0.2) is 78.3 Å². The fourth-order valence-electron chi connectivity index (χ4n) is 2.89. The zero-order valence-corrected chi connectivity index (χ0v) is 20.1. The Morgan fingerprint density at radius 1 is 1.28 bits per heavy atom. The third-order valence-corrected chi connectivity index (χ3v) is 4.35. The highest BCUT2D eigenvalue weighted by atomic mass is 127. The van der Waals surface area contributed by atoms with Crippen LogP contribution in [0.4, 0.5) is 4.79 Å². The maximum atomic E-state index is 12.1. The fraction of sp³-hybridized carbons (Fsp3) is 0.650. The molecule has 8 nitrogen and oxygen atoms in total. The van der Waals surface area contributed by atoms with Crippen LogP contribution in [0.15, 0.2) is 29.4 Å². The molecule has 2 rings (SSSR count). The molecule has 1 saturated heterocycles. The van der Waals surface area contributed by atoms with Crippen LogP contribution in [0.1, 0.15) is 32.9 Å². The summed E-state index contributed by atoms with van der Waals surface area (Å²) in [6.07, 6.45) is 3.33. The number of pyridine rings is 1. The van der Waals surface area contributed by atoms with Crippen molar-refractivity contribution in [1.29, 1.82) is 0 Å².